The van der Waals surface area contributed by atoms with Crippen molar-refractivity contribution in [2.75, 3.05) is 13.1 Å². The normalized spacial score (nSPS) is 24.1. The van der Waals surface area contributed by atoms with E-state index in [-0.39, 0.29) is 0 Å². The standard InChI is InChI=1S/C18H30N2O/c1-2-10-19-13-16-9-12-21-18(16)14-20-11-5-8-17(20)15-6-3-4-7-15/h9,12,15,17,19H,2-8,10-11,13-14H2,1H3. The molecule has 1 saturated carbocycles. The third-order valence-electron chi connectivity index (χ3n) is 5.28. The van der Waals surface area contributed by atoms with Gasteiger partial charge in [0.25, 0.3) is 0 Å². The van der Waals surface area contributed by atoms with Gasteiger partial charge in [0.2, 0.25) is 0 Å². The molecule has 2 fully saturated rings. The van der Waals surface area contributed by atoms with Gasteiger partial charge < -0.3 is 9.73 Å². The number of rotatable bonds is 7. The van der Waals surface area contributed by atoms with Crippen LogP contribution in [0.15, 0.2) is 16.7 Å². The molecule has 0 radical (unpaired) electrons. The van der Waals surface area contributed by atoms with Gasteiger partial charge in [0.05, 0.1) is 12.8 Å². The van der Waals surface area contributed by atoms with E-state index in [1.165, 1.54) is 62.8 Å². The molecule has 2 aliphatic rings. The van der Waals surface area contributed by atoms with Crippen molar-refractivity contribution in [2.45, 2.75) is 71.0 Å². The predicted molar refractivity (Wildman–Crippen MR) is 86.1 cm³/mol. The highest BCUT2D eigenvalue weighted by molar-refractivity contribution is 5.17. The lowest BCUT2D eigenvalue weighted by Gasteiger charge is -2.28. The number of likely N-dealkylation sites (tertiary alicyclic amines) is 1. The number of hydrogen-bond donors (Lipinski definition) is 1. The van der Waals surface area contributed by atoms with Gasteiger partial charge in [-0.2, -0.15) is 0 Å². The SMILES string of the molecule is CCCNCc1ccoc1CN1CCCC1C1CCCC1. The van der Waals surface area contributed by atoms with Crippen molar-refractivity contribution < 1.29 is 4.42 Å². The Hall–Kier alpha value is -0.800. The van der Waals surface area contributed by atoms with E-state index in [1.54, 1.807) is 0 Å². The van der Waals surface area contributed by atoms with Crippen molar-refractivity contribution >= 4 is 0 Å². The summed E-state index contributed by atoms with van der Waals surface area (Å²) >= 11 is 0. The van der Waals surface area contributed by atoms with Crippen LogP contribution in [0.25, 0.3) is 0 Å². The van der Waals surface area contributed by atoms with Gasteiger partial charge in [-0.3, -0.25) is 4.90 Å². The molecule has 0 bridgehead atoms. The maximum Gasteiger partial charge on any atom is 0.122 e. The molecule has 118 valence electrons. The minimum absolute atomic E-state index is 0.814. The molecule has 0 spiro atoms. The first-order valence-electron chi connectivity index (χ1n) is 8.88. The second-order valence-corrected chi connectivity index (χ2v) is 6.77. The number of hydrogen-bond acceptors (Lipinski definition) is 3. The lowest BCUT2D eigenvalue weighted by Crippen LogP contribution is -2.34. The smallest absolute Gasteiger partial charge is 0.122 e. The molecule has 3 heteroatoms. The van der Waals surface area contributed by atoms with E-state index in [2.05, 4.69) is 23.2 Å². The van der Waals surface area contributed by atoms with Crippen LogP contribution in [-0.2, 0) is 13.1 Å². The molecule has 1 aromatic rings. The maximum atomic E-state index is 5.79. The largest absolute Gasteiger partial charge is 0.468 e. The minimum atomic E-state index is 0.814. The summed E-state index contributed by atoms with van der Waals surface area (Å²) in [7, 11) is 0. The molecule has 1 saturated heterocycles. The summed E-state index contributed by atoms with van der Waals surface area (Å²) in [6, 6.07) is 2.95. The van der Waals surface area contributed by atoms with Crippen molar-refractivity contribution in [3.05, 3.63) is 23.7 Å². The van der Waals surface area contributed by atoms with Gasteiger partial charge in [0.15, 0.2) is 0 Å². The summed E-state index contributed by atoms with van der Waals surface area (Å²) in [4.78, 5) is 2.69. The summed E-state index contributed by atoms with van der Waals surface area (Å²) in [5.74, 6) is 2.13. The third kappa shape index (κ3) is 3.70. The second-order valence-electron chi connectivity index (χ2n) is 6.77. The van der Waals surface area contributed by atoms with Gasteiger partial charge in [-0.15, -0.1) is 0 Å². The second kappa shape index (κ2) is 7.46. The first-order valence-corrected chi connectivity index (χ1v) is 8.88. The van der Waals surface area contributed by atoms with Crippen molar-refractivity contribution in [2.24, 2.45) is 5.92 Å². The molecule has 0 aromatic carbocycles. The highest BCUT2D eigenvalue weighted by Gasteiger charge is 2.33. The van der Waals surface area contributed by atoms with Crippen LogP contribution in [0.1, 0.15) is 63.2 Å². The molecule has 1 N–H and O–H groups in total. The molecule has 1 aromatic heterocycles. The van der Waals surface area contributed by atoms with Crippen LogP contribution in [0.5, 0.6) is 0 Å². The fraction of sp³-hybridized carbons (Fsp3) is 0.778. The van der Waals surface area contributed by atoms with Gasteiger partial charge >= 0.3 is 0 Å². The molecule has 21 heavy (non-hydrogen) atoms. The van der Waals surface area contributed by atoms with Crippen molar-refractivity contribution in [1.29, 1.82) is 0 Å². The highest BCUT2D eigenvalue weighted by atomic mass is 16.3. The average Bonchev–Trinajstić information content (AvgIpc) is 3.21. The van der Waals surface area contributed by atoms with Gasteiger partial charge in [0, 0.05) is 18.2 Å². The summed E-state index contributed by atoms with van der Waals surface area (Å²) in [6.45, 7) is 6.50. The van der Waals surface area contributed by atoms with E-state index >= 15 is 0 Å². The van der Waals surface area contributed by atoms with Crippen LogP contribution >= 0.6 is 0 Å². The van der Waals surface area contributed by atoms with Crippen LogP contribution in [0.3, 0.4) is 0 Å². The topological polar surface area (TPSA) is 28.4 Å². The van der Waals surface area contributed by atoms with Gasteiger partial charge in [0.1, 0.15) is 5.76 Å². The van der Waals surface area contributed by atoms with Crippen LogP contribution < -0.4 is 5.32 Å². The van der Waals surface area contributed by atoms with Gasteiger partial charge in [-0.05, 0) is 57.2 Å². The van der Waals surface area contributed by atoms with Crippen molar-refractivity contribution in [1.82, 2.24) is 10.2 Å². The van der Waals surface area contributed by atoms with Crippen molar-refractivity contribution in [3.63, 3.8) is 0 Å². The molecule has 3 nitrogen and oxygen atoms in total. The van der Waals surface area contributed by atoms with E-state index in [1.807, 2.05) is 6.26 Å². The first-order chi connectivity index (χ1) is 10.4. The Bertz CT molecular complexity index is 423. The molecular formula is C18H30N2O. The number of furan rings is 1. The lowest BCUT2D eigenvalue weighted by atomic mass is 9.96. The summed E-state index contributed by atoms with van der Waals surface area (Å²) in [6.07, 6.45) is 11.6. The zero-order chi connectivity index (χ0) is 14.5. The zero-order valence-corrected chi connectivity index (χ0v) is 13.4. The molecule has 3 rings (SSSR count). The quantitative estimate of drug-likeness (QED) is 0.771. The van der Waals surface area contributed by atoms with Crippen LogP contribution in [-0.4, -0.2) is 24.0 Å². The molecular weight excluding hydrogens is 260 g/mol. The Morgan fingerprint density at radius 2 is 2.10 bits per heavy atom. The third-order valence-corrected chi connectivity index (χ3v) is 5.28. The Morgan fingerprint density at radius 1 is 1.24 bits per heavy atom. The lowest BCUT2D eigenvalue weighted by molar-refractivity contribution is 0.170. The molecule has 1 unspecified atom stereocenters. The van der Waals surface area contributed by atoms with E-state index in [9.17, 15) is 0 Å². The van der Waals surface area contributed by atoms with Crippen LogP contribution in [0.4, 0.5) is 0 Å². The first kappa shape index (κ1) is 15.1. The Kier molecular flexibility index (Phi) is 5.37. The summed E-state index contributed by atoms with van der Waals surface area (Å²) < 4.78 is 5.79. The van der Waals surface area contributed by atoms with E-state index in [0.29, 0.717) is 0 Å². The Morgan fingerprint density at radius 3 is 2.90 bits per heavy atom. The molecule has 1 aliphatic carbocycles. The highest BCUT2D eigenvalue weighted by Crippen LogP contribution is 2.36. The maximum absolute atomic E-state index is 5.79. The molecule has 2 heterocycles. The monoisotopic (exact) mass is 290 g/mol. The van der Waals surface area contributed by atoms with Gasteiger partial charge in [-0.25, -0.2) is 0 Å². The summed E-state index contributed by atoms with van der Waals surface area (Å²) in [5.41, 5.74) is 1.35. The van der Waals surface area contributed by atoms with E-state index in [0.717, 1.165) is 31.6 Å². The number of nitrogens with zero attached hydrogens (tertiary/aromatic N) is 1. The molecule has 0 amide bonds. The fourth-order valence-corrected chi connectivity index (χ4v) is 4.17. The van der Waals surface area contributed by atoms with Crippen LogP contribution in [0, 0.1) is 5.92 Å². The van der Waals surface area contributed by atoms with E-state index in [4.69, 9.17) is 4.42 Å². The molecule has 1 aliphatic heterocycles. The Balaban J connectivity index is 1.58. The zero-order valence-electron chi connectivity index (χ0n) is 13.4. The minimum Gasteiger partial charge on any atom is -0.468 e. The molecule has 1 atom stereocenters. The van der Waals surface area contributed by atoms with Crippen LogP contribution in [0.2, 0.25) is 0 Å². The van der Waals surface area contributed by atoms with E-state index < -0.39 is 0 Å². The Labute approximate surface area is 129 Å². The van der Waals surface area contributed by atoms with Gasteiger partial charge in [-0.1, -0.05) is 19.8 Å². The van der Waals surface area contributed by atoms with Crippen molar-refractivity contribution in [3.8, 4) is 0 Å². The summed E-state index contributed by atoms with van der Waals surface area (Å²) in [5, 5.41) is 3.49. The average molecular weight is 290 g/mol. The fourth-order valence-electron chi connectivity index (χ4n) is 4.17. The predicted octanol–water partition coefficient (Wildman–Crippen LogP) is 3.93. The number of nitrogens with one attached hydrogen (secondary N) is 1.